The van der Waals surface area contributed by atoms with Gasteiger partial charge in [0, 0.05) is 25.4 Å². The summed E-state index contributed by atoms with van der Waals surface area (Å²) in [6.45, 7) is 1.32. The molecule has 0 radical (unpaired) electrons. The zero-order valence-electron chi connectivity index (χ0n) is 12.9. The molecule has 24 heavy (non-hydrogen) atoms. The third-order valence-corrected chi connectivity index (χ3v) is 3.93. The number of benzene rings is 1. The molecule has 1 fully saturated rings. The van der Waals surface area contributed by atoms with Crippen LogP contribution in [0.15, 0.2) is 30.5 Å². The van der Waals surface area contributed by atoms with E-state index in [0.29, 0.717) is 18.0 Å². The maximum absolute atomic E-state index is 13.1. The van der Waals surface area contributed by atoms with Crippen LogP contribution in [-0.2, 0) is 11.5 Å². The number of nitrogens with one attached hydrogen (secondary N) is 1. The Hall–Kier alpha value is -2.12. The number of amides is 1. The molecule has 1 N–H and O–H groups in total. The number of nitrogens with zero attached hydrogens (tertiary/aromatic N) is 2. The number of rotatable bonds is 6. The van der Waals surface area contributed by atoms with Crippen LogP contribution in [0.3, 0.4) is 0 Å². The van der Waals surface area contributed by atoms with E-state index >= 15 is 0 Å². The molecule has 1 saturated heterocycles. The van der Waals surface area contributed by atoms with Gasteiger partial charge in [-0.2, -0.15) is 5.10 Å². The van der Waals surface area contributed by atoms with Crippen molar-refractivity contribution >= 4 is 17.5 Å². The number of halogens is 2. The molecule has 3 rings (SSSR count). The lowest BCUT2D eigenvalue weighted by Crippen LogP contribution is -2.32. The molecule has 2 heterocycles. The van der Waals surface area contributed by atoms with E-state index in [9.17, 15) is 9.18 Å². The fourth-order valence-electron chi connectivity index (χ4n) is 2.36. The summed E-state index contributed by atoms with van der Waals surface area (Å²) in [5.41, 5.74) is 0.300. The Morgan fingerprint density at radius 1 is 1.50 bits per heavy atom. The predicted molar refractivity (Wildman–Crippen MR) is 85.6 cm³/mol. The maximum atomic E-state index is 13.1. The Morgan fingerprint density at radius 2 is 2.38 bits per heavy atom. The first kappa shape index (κ1) is 16.7. The van der Waals surface area contributed by atoms with Gasteiger partial charge in [0.2, 0.25) is 0 Å². The maximum Gasteiger partial charge on any atom is 0.271 e. The summed E-state index contributed by atoms with van der Waals surface area (Å²) < 4.78 is 25.5. The Balaban J connectivity index is 1.50. The molecule has 6 nitrogen and oxygen atoms in total. The zero-order valence-corrected chi connectivity index (χ0v) is 13.6. The number of carbonyl (C=O) groups excluding carboxylic acids is 1. The number of aromatic nitrogens is 2. The van der Waals surface area contributed by atoms with Gasteiger partial charge < -0.3 is 14.8 Å². The second-order valence-electron chi connectivity index (χ2n) is 5.43. The van der Waals surface area contributed by atoms with Gasteiger partial charge in [0.1, 0.15) is 17.3 Å². The molecule has 1 aliphatic heterocycles. The van der Waals surface area contributed by atoms with Crippen molar-refractivity contribution in [1.29, 1.82) is 0 Å². The van der Waals surface area contributed by atoms with Crippen LogP contribution < -0.4 is 10.1 Å². The second-order valence-corrected chi connectivity index (χ2v) is 5.84. The minimum absolute atomic E-state index is 0.0119. The largest absolute Gasteiger partial charge is 0.471 e. The molecule has 1 unspecified atom stereocenters. The summed E-state index contributed by atoms with van der Waals surface area (Å²) in [7, 11) is 0. The second kappa shape index (κ2) is 7.63. The van der Waals surface area contributed by atoms with E-state index in [1.54, 1.807) is 12.3 Å². The lowest BCUT2D eigenvalue weighted by atomic mass is 10.2. The van der Waals surface area contributed by atoms with E-state index in [1.807, 2.05) is 0 Å². The summed E-state index contributed by atoms with van der Waals surface area (Å²) in [6.07, 6.45) is 3.71. The molecule has 1 amide bonds. The summed E-state index contributed by atoms with van der Waals surface area (Å²) in [6, 6.07) is 5.69. The fraction of sp³-hybridized carbons (Fsp3) is 0.375. The molecule has 0 bridgehead atoms. The number of hydrogen-bond donors (Lipinski definition) is 1. The molecule has 1 atom stereocenters. The van der Waals surface area contributed by atoms with Gasteiger partial charge in [-0.1, -0.05) is 11.6 Å². The molecular formula is C16H17ClFN3O3. The molecule has 2 aromatic rings. The van der Waals surface area contributed by atoms with E-state index in [-0.39, 0.29) is 23.8 Å². The smallest absolute Gasteiger partial charge is 0.271 e. The SMILES string of the molecule is O=C(NCC1CCCO1)c1ccn(COc2ccc(F)c(Cl)c2)n1. The third kappa shape index (κ3) is 4.24. The van der Waals surface area contributed by atoms with Crippen LogP contribution in [-0.4, -0.2) is 34.9 Å². The summed E-state index contributed by atoms with van der Waals surface area (Å²) >= 11 is 5.69. The van der Waals surface area contributed by atoms with Crippen molar-refractivity contribution in [1.82, 2.24) is 15.1 Å². The minimum atomic E-state index is -0.506. The van der Waals surface area contributed by atoms with Crippen LogP contribution in [0.1, 0.15) is 23.3 Å². The van der Waals surface area contributed by atoms with E-state index < -0.39 is 5.82 Å². The monoisotopic (exact) mass is 353 g/mol. The van der Waals surface area contributed by atoms with E-state index in [1.165, 1.54) is 22.9 Å². The first-order valence-corrected chi connectivity index (χ1v) is 8.01. The van der Waals surface area contributed by atoms with Crippen LogP contribution in [0.5, 0.6) is 5.75 Å². The van der Waals surface area contributed by atoms with Crippen molar-refractivity contribution in [3.8, 4) is 5.75 Å². The van der Waals surface area contributed by atoms with Crippen LogP contribution in [0, 0.1) is 5.82 Å². The molecule has 1 aromatic carbocycles. The zero-order chi connectivity index (χ0) is 16.9. The quantitative estimate of drug-likeness (QED) is 0.867. The highest BCUT2D eigenvalue weighted by Gasteiger charge is 2.17. The highest BCUT2D eigenvalue weighted by molar-refractivity contribution is 6.30. The number of carbonyl (C=O) groups is 1. The van der Waals surface area contributed by atoms with Gasteiger partial charge in [0.05, 0.1) is 11.1 Å². The average molecular weight is 354 g/mol. The molecule has 0 aliphatic carbocycles. The average Bonchev–Trinajstić information content (AvgIpc) is 3.25. The molecule has 128 valence electrons. The summed E-state index contributed by atoms with van der Waals surface area (Å²) in [4.78, 5) is 12.0. The normalized spacial score (nSPS) is 17.0. The summed E-state index contributed by atoms with van der Waals surface area (Å²) in [5.74, 6) is -0.344. The highest BCUT2D eigenvalue weighted by atomic mass is 35.5. The standard InChI is InChI=1S/C16H17ClFN3O3/c17-13-8-11(3-4-14(13)18)24-10-21-6-5-15(20-21)16(22)19-9-12-2-1-7-23-12/h3-6,8,12H,1-2,7,9-10H2,(H,19,22). The number of ether oxygens (including phenoxy) is 2. The summed E-state index contributed by atoms with van der Waals surface area (Å²) in [5, 5.41) is 6.93. The fourth-order valence-corrected chi connectivity index (χ4v) is 2.53. The first-order valence-electron chi connectivity index (χ1n) is 7.63. The minimum Gasteiger partial charge on any atom is -0.471 e. The van der Waals surface area contributed by atoms with Gasteiger partial charge in [0.15, 0.2) is 6.73 Å². The van der Waals surface area contributed by atoms with Gasteiger partial charge in [-0.15, -0.1) is 0 Å². The van der Waals surface area contributed by atoms with Crippen LogP contribution >= 0.6 is 11.6 Å². The van der Waals surface area contributed by atoms with E-state index in [2.05, 4.69) is 10.4 Å². The third-order valence-electron chi connectivity index (χ3n) is 3.64. The van der Waals surface area contributed by atoms with E-state index in [4.69, 9.17) is 21.1 Å². The lowest BCUT2D eigenvalue weighted by Gasteiger charge is -2.09. The van der Waals surface area contributed by atoms with Crippen molar-refractivity contribution in [3.05, 3.63) is 47.0 Å². The molecule has 0 saturated carbocycles. The van der Waals surface area contributed by atoms with Crippen molar-refractivity contribution in [2.75, 3.05) is 13.2 Å². The van der Waals surface area contributed by atoms with Gasteiger partial charge in [-0.25, -0.2) is 9.07 Å². The van der Waals surface area contributed by atoms with Gasteiger partial charge in [0.25, 0.3) is 5.91 Å². The molecule has 1 aromatic heterocycles. The Labute approximate surface area is 143 Å². The molecule has 1 aliphatic rings. The molecular weight excluding hydrogens is 337 g/mol. The van der Waals surface area contributed by atoms with Crippen LogP contribution in [0.4, 0.5) is 4.39 Å². The molecule has 0 spiro atoms. The van der Waals surface area contributed by atoms with Crippen molar-refractivity contribution in [3.63, 3.8) is 0 Å². The Kier molecular flexibility index (Phi) is 5.32. The lowest BCUT2D eigenvalue weighted by molar-refractivity contribution is 0.0852. The Morgan fingerprint density at radius 3 is 3.12 bits per heavy atom. The first-order chi connectivity index (χ1) is 11.6. The van der Waals surface area contributed by atoms with Crippen molar-refractivity contribution in [2.45, 2.75) is 25.7 Å². The van der Waals surface area contributed by atoms with Crippen LogP contribution in [0.2, 0.25) is 5.02 Å². The topological polar surface area (TPSA) is 65.4 Å². The van der Waals surface area contributed by atoms with Crippen molar-refractivity contribution in [2.24, 2.45) is 0 Å². The van der Waals surface area contributed by atoms with Gasteiger partial charge >= 0.3 is 0 Å². The Bertz CT molecular complexity index is 716. The van der Waals surface area contributed by atoms with Crippen molar-refractivity contribution < 1.29 is 18.7 Å². The predicted octanol–water partition coefficient (Wildman–Crippen LogP) is 2.62. The number of hydrogen-bond acceptors (Lipinski definition) is 4. The van der Waals surface area contributed by atoms with Crippen LogP contribution in [0.25, 0.3) is 0 Å². The van der Waals surface area contributed by atoms with Gasteiger partial charge in [-0.3, -0.25) is 4.79 Å². The molecule has 8 heteroatoms. The van der Waals surface area contributed by atoms with Gasteiger partial charge in [-0.05, 0) is 31.0 Å². The van der Waals surface area contributed by atoms with E-state index in [0.717, 1.165) is 19.4 Å². The highest BCUT2D eigenvalue weighted by Crippen LogP contribution is 2.21.